The molecule has 0 aliphatic carbocycles. The van der Waals surface area contributed by atoms with Crippen LogP contribution in [0, 0.1) is 0 Å². The Kier molecular flexibility index (Phi) is 7.40. The third-order valence-electron chi connectivity index (χ3n) is 4.78. The van der Waals surface area contributed by atoms with Crippen LogP contribution in [0.2, 0.25) is 0 Å². The maximum absolute atomic E-state index is 12.5. The lowest BCUT2D eigenvalue weighted by atomic mass is 10.1. The van der Waals surface area contributed by atoms with Crippen molar-refractivity contribution in [1.82, 2.24) is 0 Å². The van der Waals surface area contributed by atoms with Crippen LogP contribution < -0.4 is 10.1 Å². The molecule has 6 heteroatoms. The molecule has 1 amide bonds. The van der Waals surface area contributed by atoms with Gasteiger partial charge in [0.25, 0.3) is 5.91 Å². The number of carbonyl (C=O) groups is 2. The van der Waals surface area contributed by atoms with E-state index < -0.39 is 5.97 Å². The number of carbonyl (C=O) groups excluding carboxylic acids is 1. The summed E-state index contributed by atoms with van der Waals surface area (Å²) in [5, 5.41) is 11.8. The maximum atomic E-state index is 12.5. The van der Waals surface area contributed by atoms with Crippen molar-refractivity contribution in [3.63, 3.8) is 0 Å². The number of benzene rings is 3. The van der Waals surface area contributed by atoms with Gasteiger partial charge in [0, 0.05) is 17.9 Å². The van der Waals surface area contributed by atoms with Gasteiger partial charge >= 0.3 is 5.97 Å². The predicted octanol–water partition coefficient (Wildman–Crippen LogP) is 5.31. The molecule has 1 atom stereocenters. The first-order valence-electron chi connectivity index (χ1n) is 10.0. The van der Waals surface area contributed by atoms with E-state index in [0.717, 1.165) is 11.1 Å². The fourth-order valence-corrected chi connectivity index (χ4v) is 3.00. The van der Waals surface area contributed by atoms with Crippen molar-refractivity contribution < 1.29 is 24.2 Å². The van der Waals surface area contributed by atoms with Crippen LogP contribution >= 0.6 is 0 Å². The number of nitrogens with one attached hydrogen (secondary N) is 1. The van der Waals surface area contributed by atoms with Gasteiger partial charge in [-0.15, -0.1) is 0 Å². The van der Waals surface area contributed by atoms with Crippen molar-refractivity contribution in [2.45, 2.75) is 26.6 Å². The minimum atomic E-state index is -0.961. The lowest BCUT2D eigenvalue weighted by molar-refractivity contribution is 0.0696. The summed E-state index contributed by atoms with van der Waals surface area (Å²) < 4.78 is 11.3. The molecule has 0 heterocycles. The fraction of sp³-hybridized carbons (Fsp3) is 0.200. The number of aromatic carboxylic acids is 1. The Bertz CT molecular complexity index is 1010. The van der Waals surface area contributed by atoms with Crippen LogP contribution in [0.4, 0.5) is 5.69 Å². The summed E-state index contributed by atoms with van der Waals surface area (Å²) in [5.41, 5.74) is 3.37. The molecular weight excluding hydrogens is 394 g/mol. The van der Waals surface area contributed by atoms with Crippen LogP contribution in [0.1, 0.15) is 51.8 Å². The lowest BCUT2D eigenvalue weighted by Crippen LogP contribution is -2.12. The largest absolute Gasteiger partial charge is 0.489 e. The number of rotatable bonds is 9. The zero-order chi connectivity index (χ0) is 22.2. The van der Waals surface area contributed by atoms with Crippen LogP contribution in [0.25, 0.3) is 0 Å². The molecule has 3 aromatic rings. The highest BCUT2D eigenvalue weighted by atomic mass is 16.5. The second-order valence-electron chi connectivity index (χ2n) is 6.99. The molecule has 0 aliphatic rings. The first-order chi connectivity index (χ1) is 15.0. The number of carboxylic acids is 1. The van der Waals surface area contributed by atoms with Gasteiger partial charge in [0.05, 0.1) is 11.7 Å². The van der Waals surface area contributed by atoms with E-state index in [2.05, 4.69) is 5.32 Å². The van der Waals surface area contributed by atoms with Gasteiger partial charge in [0.2, 0.25) is 0 Å². The van der Waals surface area contributed by atoms with Gasteiger partial charge < -0.3 is 19.9 Å². The Morgan fingerprint density at radius 1 is 0.903 bits per heavy atom. The quantitative estimate of drug-likeness (QED) is 0.491. The van der Waals surface area contributed by atoms with Crippen molar-refractivity contribution in [2.75, 3.05) is 11.9 Å². The summed E-state index contributed by atoms with van der Waals surface area (Å²) in [6, 6.07) is 21.0. The van der Waals surface area contributed by atoms with Crippen LogP contribution in [0.5, 0.6) is 5.75 Å². The van der Waals surface area contributed by atoms with Gasteiger partial charge in [-0.05, 0) is 73.5 Å². The average molecular weight is 419 g/mol. The molecular formula is C25H25NO5. The topological polar surface area (TPSA) is 84.9 Å². The zero-order valence-corrected chi connectivity index (χ0v) is 17.5. The summed E-state index contributed by atoms with van der Waals surface area (Å²) in [6.45, 7) is 4.90. The molecule has 3 aromatic carbocycles. The minimum absolute atomic E-state index is 0.0115. The summed E-state index contributed by atoms with van der Waals surface area (Å²) in [6.07, 6.45) is 0.0115. The highest BCUT2D eigenvalue weighted by Gasteiger charge is 2.09. The van der Waals surface area contributed by atoms with E-state index >= 15 is 0 Å². The molecule has 0 fully saturated rings. The molecule has 0 aromatic heterocycles. The van der Waals surface area contributed by atoms with Crippen molar-refractivity contribution in [3.05, 3.63) is 95.1 Å². The number of ether oxygens (including phenoxy) is 2. The van der Waals surface area contributed by atoms with Gasteiger partial charge in [-0.1, -0.05) is 24.3 Å². The third kappa shape index (κ3) is 6.17. The SMILES string of the molecule is CCOC(C)c1ccc(NC(=O)c2ccc(OCc3ccc(C(=O)O)cc3)cc2)cc1. The van der Waals surface area contributed by atoms with Crippen LogP contribution in [0.3, 0.4) is 0 Å². The Hall–Kier alpha value is -3.64. The Morgan fingerprint density at radius 3 is 2.10 bits per heavy atom. The molecule has 0 bridgehead atoms. The number of carboxylic acid groups (broad SMARTS) is 1. The van der Waals surface area contributed by atoms with Crippen molar-refractivity contribution in [3.8, 4) is 5.75 Å². The van der Waals surface area contributed by atoms with Crippen LogP contribution in [0.15, 0.2) is 72.8 Å². The number of amides is 1. The summed E-state index contributed by atoms with van der Waals surface area (Å²) in [5.74, 6) is -0.549. The van der Waals surface area contributed by atoms with E-state index in [-0.39, 0.29) is 17.6 Å². The second kappa shape index (κ2) is 10.4. The normalized spacial score (nSPS) is 11.5. The van der Waals surface area contributed by atoms with Gasteiger partial charge in [0.15, 0.2) is 0 Å². The van der Waals surface area contributed by atoms with E-state index in [0.29, 0.717) is 30.2 Å². The molecule has 0 saturated heterocycles. The van der Waals surface area contributed by atoms with E-state index in [1.54, 1.807) is 48.5 Å². The van der Waals surface area contributed by atoms with Crippen molar-refractivity contribution in [2.24, 2.45) is 0 Å². The highest BCUT2D eigenvalue weighted by Crippen LogP contribution is 2.20. The summed E-state index contributed by atoms with van der Waals surface area (Å²) in [4.78, 5) is 23.4. The van der Waals surface area contributed by atoms with Gasteiger partial charge in [0.1, 0.15) is 12.4 Å². The van der Waals surface area contributed by atoms with Gasteiger partial charge in [-0.3, -0.25) is 4.79 Å². The summed E-state index contributed by atoms with van der Waals surface area (Å²) >= 11 is 0. The smallest absolute Gasteiger partial charge is 0.335 e. The standard InChI is InChI=1S/C25H25NO5/c1-3-30-17(2)19-8-12-22(13-9-19)26-24(27)20-10-14-23(15-11-20)31-16-18-4-6-21(7-5-18)25(28)29/h4-15,17H,3,16H2,1-2H3,(H,26,27)(H,28,29). The lowest BCUT2D eigenvalue weighted by Gasteiger charge is -2.13. The first-order valence-corrected chi connectivity index (χ1v) is 10.0. The second-order valence-corrected chi connectivity index (χ2v) is 6.99. The van der Waals surface area contributed by atoms with Crippen LogP contribution in [-0.4, -0.2) is 23.6 Å². The number of hydrogen-bond donors (Lipinski definition) is 2. The van der Waals surface area contributed by atoms with Crippen LogP contribution in [-0.2, 0) is 11.3 Å². The molecule has 0 spiro atoms. The minimum Gasteiger partial charge on any atom is -0.489 e. The molecule has 0 aliphatic heterocycles. The van der Waals surface area contributed by atoms with Gasteiger partial charge in [-0.25, -0.2) is 4.79 Å². The Labute approximate surface area is 181 Å². The van der Waals surface area contributed by atoms with E-state index in [4.69, 9.17) is 14.6 Å². The molecule has 160 valence electrons. The van der Waals surface area contributed by atoms with E-state index in [1.165, 1.54) is 0 Å². The average Bonchev–Trinajstić information content (AvgIpc) is 2.79. The fourth-order valence-electron chi connectivity index (χ4n) is 3.00. The van der Waals surface area contributed by atoms with E-state index in [9.17, 15) is 9.59 Å². The maximum Gasteiger partial charge on any atom is 0.335 e. The predicted molar refractivity (Wildman–Crippen MR) is 119 cm³/mol. The number of anilines is 1. The molecule has 0 saturated carbocycles. The molecule has 2 N–H and O–H groups in total. The highest BCUT2D eigenvalue weighted by molar-refractivity contribution is 6.04. The summed E-state index contributed by atoms with van der Waals surface area (Å²) in [7, 11) is 0. The molecule has 6 nitrogen and oxygen atoms in total. The van der Waals surface area contributed by atoms with Gasteiger partial charge in [-0.2, -0.15) is 0 Å². The zero-order valence-electron chi connectivity index (χ0n) is 17.5. The molecule has 3 rings (SSSR count). The molecule has 0 radical (unpaired) electrons. The first kappa shape index (κ1) is 22.1. The third-order valence-corrected chi connectivity index (χ3v) is 4.78. The Balaban J connectivity index is 1.54. The van der Waals surface area contributed by atoms with Crippen molar-refractivity contribution >= 4 is 17.6 Å². The Morgan fingerprint density at radius 2 is 1.52 bits per heavy atom. The molecule has 31 heavy (non-hydrogen) atoms. The van der Waals surface area contributed by atoms with Crippen molar-refractivity contribution in [1.29, 1.82) is 0 Å². The number of hydrogen-bond acceptors (Lipinski definition) is 4. The van der Waals surface area contributed by atoms with E-state index in [1.807, 2.05) is 38.1 Å². The molecule has 1 unspecified atom stereocenters. The monoisotopic (exact) mass is 419 g/mol.